The van der Waals surface area contributed by atoms with Crippen molar-refractivity contribution in [1.82, 2.24) is 4.90 Å². The number of carbonyl (C=O) groups excluding carboxylic acids is 1. The molecule has 0 aliphatic heterocycles. The lowest BCUT2D eigenvalue weighted by Gasteiger charge is -2.19. The van der Waals surface area contributed by atoms with Gasteiger partial charge in [0, 0.05) is 36.5 Å². The van der Waals surface area contributed by atoms with Crippen LogP contribution in [0, 0.1) is 0 Å². The van der Waals surface area contributed by atoms with E-state index < -0.39 is 10.0 Å². The third-order valence-electron chi connectivity index (χ3n) is 3.66. The van der Waals surface area contributed by atoms with Crippen LogP contribution >= 0.6 is 0 Å². The molecular weight excluding hydrogens is 356 g/mol. The number of ether oxygens (including phenoxy) is 2. The van der Waals surface area contributed by atoms with Gasteiger partial charge in [0.25, 0.3) is 5.91 Å². The van der Waals surface area contributed by atoms with Gasteiger partial charge in [0.2, 0.25) is 10.0 Å². The van der Waals surface area contributed by atoms with Gasteiger partial charge in [-0.05, 0) is 30.3 Å². The van der Waals surface area contributed by atoms with Gasteiger partial charge in [0.15, 0.2) is 0 Å². The number of carbonyl (C=O) groups is 1. The van der Waals surface area contributed by atoms with Crippen molar-refractivity contribution in [2.75, 3.05) is 32.2 Å². The third kappa shape index (κ3) is 5.13. The fourth-order valence-corrected chi connectivity index (χ4v) is 3.02. The quantitative estimate of drug-likeness (QED) is 0.799. The molecule has 1 amide bonds. The molecule has 0 saturated heterocycles. The van der Waals surface area contributed by atoms with E-state index in [1.54, 1.807) is 51.6 Å². The summed E-state index contributed by atoms with van der Waals surface area (Å²) in [4.78, 5) is 14.2. The van der Waals surface area contributed by atoms with E-state index in [-0.39, 0.29) is 5.91 Å². The van der Waals surface area contributed by atoms with Gasteiger partial charge < -0.3 is 14.4 Å². The van der Waals surface area contributed by atoms with Crippen LogP contribution < -0.4 is 14.2 Å². The molecule has 2 aromatic carbocycles. The van der Waals surface area contributed by atoms with Gasteiger partial charge in [-0.3, -0.25) is 9.52 Å². The highest BCUT2D eigenvalue weighted by Crippen LogP contribution is 2.26. The second kappa shape index (κ2) is 8.09. The zero-order valence-electron chi connectivity index (χ0n) is 15.1. The Morgan fingerprint density at radius 2 is 1.85 bits per heavy atom. The van der Waals surface area contributed by atoms with Crippen LogP contribution in [0.15, 0.2) is 42.5 Å². The van der Waals surface area contributed by atoms with Crippen molar-refractivity contribution in [3.63, 3.8) is 0 Å². The highest BCUT2D eigenvalue weighted by Gasteiger charge is 2.15. The monoisotopic (exact) mass is 378 g/mol. The van der Waals surface area contributed by atoms with Crippen LogP contribution in [0.1, 0.15) is 15.9 Å². The molecule has 2 rings (SSSR count). The number of hydrogen-bond donors (Lipinski definition) is 1. The number of nitrogens with zero attached hydrogens (tertiary/aromatic N) is 1. The molecular formula is C18H22N2O5S. The van der Waals surface area contributed by atoms with Crippen LogP contribution in [0.5, 0.6) is 11.5 Å². The van der Waals surface area contributed by atoms with Gasteiger partial charge in [-0.1, -0.05) is 6.07 Å². The van der Waals surface area contributed by atoms with Crippen LogP contribution in [0.3, 0.4) is 0 Å². The number of benzene rings is 2. The number of rotatable bonds is 7. The van der Waals surface area contributed by atoms with Crippen molar-refractivity contribution in [2.24, 2.45) is 0 Å². The summed E-state index contributed by atoms with van der Waals surface area (Å²) in [6.07, 6.45) is 1.06. The van der Waals surface area contributed by atoms with Crippen molar-refractivity contribution >= 4 is 21.6 Å². The lowest BCUT2D eigenvalue weighted by molar-refractivity contribution is 0.0784. The molecule has 0 unspecified atom stereocenters. The minimum atomic E-state index is -3.41. The number of methoxy groups -OCH3 is 2. The fourth-order valence-electron chi connectivity index (χ4n) is 2.46. The molecule has 26 heavy (non-hydrogen) atoms. The first kappa shape index (κ1) is 19.6. The van der Waals surface area contributed by atoms with Gasteiger partial charge in [0.1, 0.15) is 11.5 Å². The molecule has 0 bridgehead atoms. The molecule has 0 aliphatic carbocycles. The second-order valence-electron chi connectivity index (χ2n) is 5.79. The topological polar surface area (TPSA) is 84.9 Å². The Labute approximate surface area is 153 Å². The summed E-state index contributed by atoms with van der Waals surface area (Å²) < 4.78 is 35.6. The summed E-state index contributed by atoms with van der Waals surface area (Å²) in [5.41, 5.74) is 1.55. The molecule has 7 nitrogen and oxygen atoms in total. The Bertz CT molecular complexity index is 896. The molecule has 0 saturated carbocycles. The maximum absolute atomic E-state index is 12.7. The van der Waals surface area contributed by atoms with Crippen molar-refractivity contribution in [3.8, 4) is 11.5 Å². The number of nitrogens with one attached hydrogen (secondary N) is 1. The highest BCUT2D eigenvalue weighted by molar-refractivity contribution is 7.92. The van der Waals surface area contributed by atoms with Crippen molar-refractivity contribution in [2.45, 2.75) is 6.54 Å². The first-order valence-electron chi connectivity index (χ1n) is 7.77. The number of anilines is 1. The van der Waals surface area contributed by atoms with Crippen LogP contribution in [-0.2, 0) is 16.6 Å². The molecule has 0 radical (unpaired) electrons. The predicted molar refractivity (Wildman–Crippen MR) is 100 cm³/mol. The lowest BCUT2D eigenvalue weighted by Crippen LogP contribution is -2.26. The summed E-state index contributed by atoms with van der Waals surface area (Å²) >= 11 is 0. The van der Waals surface area contributed by atoms with E-state index in [0.717, 1.165) is 11.8 Å². The molecule has 0 atom stereocenters. The average molecular weight is 378 g/mol. The Balaban J connectivity index is 2.19. The largest absolute Gasteiger partial charge is 0.497 e. The maximum atomic E-state index is 12.7. The van der Waals surface area contributed by atoms with Gasteiger partial charge in [-0.25, -0.2) is 8.42 Å². The molecule has 1 N–H and O–H groups in total. The van der Waals surface area contributed by atoms with E-state index in [0.29, 0.717) is 29.3 Å². The van der Waals surface area contributed by atoms with E-state index in [2.05, 4.69) is 4.72 Å². The van der Waals surface area contributed by atoms with Gasteiger partial charge in [-0.2, -0.15) is 0 Å². The van der Waals surface area contributed by atoms with Gasteiger partial charge in [0.05, 0.1) is 20.5 Å². The fraction of sp³-hybridized carbons (Fsp3) is 0.278. The van der Waals surface area contributed by atoms with Crippen molar-refractivity contribution < 1.29 is 22.7 Å². The number of sulfonamides is 1. The smallest absolute Gasteiger partial charge is 0.253 e. The zero-order valence-corrected chi connectivity index (χ0v) is 16.0. The normalized spacial score (nSPS) is 10.9. The summed E-state index contributed by atoms with van der Waals surface area (Å²) in [6, 6.07) is 11.7. The molecule has 0 fully saturated rings. The van der Waals surface area contributed by atoms with E-state index in [1.807, 2.05) is 6.07 Å². The standard InChI is InChI=1S/C18H22N2O5S/c1-20(12-14-8-9-16(24-2)11-17(14)25-3)18(21)13-6-5-7-15(10-13)19-26(4,22)23/h5-11,19H,12H2,1-4H3. The Kier molecular flexibility index (Phi) is 6.10. The Morgan fingerprint density at radius 1 is 1.12 bits per heavy atom. The third-order valence-corrected chi connectivity index (χ3v) is 4.27. The molecule has 0 spiro atoms. The summed E-state index contributed by atoms with van der Waals surface area (Å²) in [6.45, 7) is 0.329. The maximum Gasteiger partial charge on any atom is 0.253 e. The van der Waals surface area contributed by atoms with Gasteiger partial charge in [-0.15, -0.1) is 0 Å². The Morgan fingerprint density at radius 3 is 2.46 bits per heavy atom. The van der Waals surface area contributed by atoms with Crippen LogP contribution in [0.2, 0.25) is 0 Å². The van der Waals surface area contributed by atoms with Crippen LogP contribution in [-0.4, -0.2) is 46.7 Å². The zero-order chi connectivity index (χ0) is 19.3. The first-order chi connectivity index (χ1) is 12.2. The van der Waals surface area contributed by atoms with Crippen molar-refractivity contribution in [1.29, 1.82) is 0 Å². The molecule has 8 heteroatoms. The summed E-state index contributed by atoms with van der Waals surface area (Å²) in [5.74, 6) is 1.05. The molecule has 2 aromatic rings. The predicted octanol–water partition coefficient (Wildman–Crippen LogP) is 2.35. The first-order valence-corrected chi connectivity index (χ1v) is 9.67. The van der Waals surface area contributed by atoms with E-state index >= 15 is 0 Å². The van der Waals surface area contributed by atoms with Gasteiger partial charge >= 0.3 is 0 Å². The minimum Gasteiger partial charge on any atom is -0.497 e. The summed E-state index contributed by atoms with van der Waals surface area (Å²) in [5, 5.41) is 0. The van der Waals surface area contributed by atoms with Crippen molar-refractivity contribution in [3.05, 3.63) is 53.6 Å². The highest BCUT2D eigenvalue weighted by atomic mass is 32.2. The van der Waals surface area contributed by atoms with Crippen LogP contribution in [0.25, 0.3) is 0 Å². The molecule has 140 valence electrons. The SMILES string of the molecule is COc1ccc(CN(C)C(=O)c2cccc(NS(C)(=O)=O)c2)c(OC)c1. The number of amides is 1. The van der Waals surface area contributed by atoms with E-state index in [9.17, 15) is 13.2 Å². The van der Waals surface area contributed by atoms with E-state index in [4.69, 9.17) is 9.47 Å². The molecule has 0 aliphatic rings. The van der Waals surface area contributed by atoms with E-state index in [1.165, 1.54) is 11.0 Å². The minimum absolute atomic E-state index is 0.236. The molecule has 0 aromatic heterocycles. The second-order valence-corrected chi connectivity index (χ2v) is 7.54. The summed E-state index contributed by atoms with van der Waals surface area (Å²) in [7, 11) is 1.39. The molecule has 0 heterocycles. The van der Waals surface area contributed by atoms with Crippen LogP contribution in [0.4, 0.5) is 5.69 Å². The average Bonchev–Trinajstić information content (AvgIpc) is 2.60. The lowest BCUT2D eigenvalue weighted by atomic mass is 10.1. The Hall–Kier alpha value is -2.74. The number of hydrogen-bond acceptors (Lipinski definition) is 5.